The molecule has 12 nitrogen and oxygen atoms in total. The van der Waals surface area contributed by atoms with Gasteiger partial charge in [0.05, 0.1) is 0 Å². The minimum atomic E-state index is -1.19. The van der Waals surface area contributed by atoms with Crippen LogP contribution in [0.4, 0.5) is 5.69 Å². The Balaban J connectivity index is 1.79. The van der Waals surface area contributed by atoms with E-state index < -0.39 is 35.4 Å². The first-order valence-electron chi connectivity index (χ1n) is 11.1. The molecule has 3 amide bonds. The molecule has 0 bridgehead atoms. The van der Waals surface area contributed by atoms with E-state index in [0.29, 0.717) is 18.7 Å². The fourth-order valence-electron chi connectivity index (χ4n) is 3.86. The summed E-state index contributed by atoms with van der Waals surface area (Å²) >= 11 is 0. The van der Waals surface area contributed by atoms with Crippen LogP contribution in [0.15, 0.2) is 45.9 Å². The molecule has 0 spiro atoms. The third-order valence-electron chi connectivity index (χ3n) is 5.61. The van der Waals surface area contributed by atoms with Gasteiger partial charge in [0.2, 0.25) is 11.8 Å². The van der Waals surface area contributed by atoms with Gasteiger partial charge >= 0.3 is 5.97 Å². The Labute approximate surface area is 200 Å². The number of aliphatic carboxylic acids is 1. The van der Waals surface area contributed by atoms with Crippen molar-refractivity contribution in [3.63, 3.8) is 0 Å². The molecule has 0 aromatic carbocycles. The molecule has 0 saturated carbocycles. The Hall–Kier alpha value is -4.22. The van der Waals surface area contributed by atoms with Crippen molar-refractivity contribution in [2.45, 2.75) is 45.2 Å². The Morgan fingerprint density at radius 3 is 2.74 bits per heavy atom. The summed E-state index contributed by atoms with van der Waals surface area (Å²) in [6.45, 7) is 3.86. The first kappa shape index (κ1) is 25.4. The maximum Gasteiger partial charge on any atom is 0.328 e. The van der Waals surface area contributed by atoms with E-state index in [1.807, 2.05) is 0 Å². The average molecular weight is 485 g/mol. The molecular formula is C23H27N5O7. The second-order valence-corrected chi connectivity index (χ2v) is 8.16. The van der Waals surface area contributed by atoms with E-state index in [4.69, 9.17) is 9.63 Å². The summed E-state index contributed by atoms with van der Waals surface area (Å²) in [5.74, 6) is -2.42. The van der Waals surface area contributed by atoms with Crippen LogP contribution in [0.1, 0.15) is 48.5 Å². The maximum absolute atomic E-state index is 13.1. The highest BCUT2D eigenvalue weighted by atomic mass is 16.5. The number of carbonyl (C=O) groups excluding carboxylic acids is 3. The van der Waals surface area contributed by atoms with Crippen LogP contribution >= 0.6 is 0 Å². The molecule has 3 atom stereocenters. The molecule has 2 aromatic heterocycles. The number of aryl methyl sites for hydroxylation is 1. The topological polar surface area (TPSA) is 173 Å². The molecule has 1 aliphatic rings. The number of carboxylic acid groups (broad SMARTS) is 1. The van der Waals surface area contributed by atoms with Crippen molar-refractivity contribution in [3.8, 4) is 0 Å². The van der Waals surface area contributed by atoms with Gasteiger partial charge in [0.15, 0.2) is 5.69 Å². The van der Waals surface area contributed by atoms with Crippen molar-refractivity contribution in [2.75, 3.05) is 11.9 Å². The minimum Gasteiger partial charge on any atom is -0.478 e. The number of nitrogens with zero attached hydrogens (tertiary/aromatic N) is 2. The zero-order valence-corrected chi connectivity index (χ0v) is 19.3. The number of rotatable bonds is 10. The fourth-order valence-corrected chi connectivity index (χ4v) is 3.86. The summed E-state index contributed by atoms with van der Waals surface area (Å²) in [7, 11) is 0. The van der Waals surface area contributed by atoms with Gasteiger partial charge in [-0.3, -0.25) is 19.2 Å². The van der Waals surface area contributed by atoms with Crippen molar-refractivity contribution in [3.05, 3.63) is 58.4 Å². The Morgan fingerprint density at radius 2 is 2.14 bits per heavy atom. The van der Waals surface area contributed by atoms with Gasteiger partial charge in [-0.15, -0.1) is 0 Å². The van der Waals surface area contributed by atoms with Gasteiger partial charge in [0.1, 0.15) is 17.5 Å². The van der Waals surface area contributed by atoms with Gasteiger partial charge in [-0.05, 0) is 38.3 Å². The van der Waals surface area contributed by atoms with E-state index >= 15 is 0 Å². The van der Waals surface area contributed by atoms with Crippen LogP contribution in [-0.2, 0) is 14.4 Å². The summed E-state index contributed by atoms with van der Waals surface area (Å²) in [4.78, 5) is 61.5. The molecule has 0 aliphatic carbocycles. The largest absolute Gasteiger partial charge is 0.478 e. The summed E-state index contributed by atoms with van der Waals surface area (Å²) in [5.41, 5.74) is -0.642. The Morgan fingerprint density at radius 1 is 1.37 bits per heavy atom. The quantitative estimate of drug-likeness (QED) is 0.361. The molecule has 4 N–H and O–H groups in total. The van der Waals surface area contributed by atoms with Gasteiger partial charge in [-0.25, -0.2) is 4.79 Å². The maximum atomic E-state index is 13.1. The highest BCUT2D eigenvalue weighted by Crippen LogP contribution is 2.18. The molecule has 0 unspecified atom stereocenters. The molecule has 35 heavy (non-hydrogen) atoms. The van der Waals surface area contributed by atoms with Gasteiger partial charge < -0.3 is 30.1 Å². The molecule has 186 valence electrons. The highest BCUT2D eigenvalue weighted by molar-refractivity contribution is 6.02. The molecule has 3 heterocycles. The second-order valence-electron chi connectivity index (χ2n) is 8.16. The lowest BCUT2D eigenvalue weighted by atomic mass is 9.97. The first-order valence-corrected chi connectivity index (χ1v) is 11.1. The zero-order valence-electron chi connectivity index (χ0n) is 19.3. The SMILES string of the molecule is CC[C@H](C(=O)N[C@H](/C=C/C(=O)O)C[C@@H]1CCNC1=O)n1cccc(NC(=O)c2cc(C)on2)c1=O. The van der Waals surface area contributed by atoms with E-state index in [0.717, 1.165) is 6.08 Å². The van der Waals surface area contributed by atoms with Gasteiger partial charge in [0.25, 0.3) is 11.5 Å². The lowest BCUT2D eigenvalue weighted by Crippen LogP contribution is -2.42. The normalized spacial score (nSPS) is 17.1. The Kier molecular flexibility index (Phi) is 8.18. The number of aromatic nitrogens is 2. The van der Waals surface area contributed by atoms with Crippen LogP contribution in [0.25, 0.3) is 0 Å². The van der Waals surface area contributed by atoms with Crippen LogP contribution in [-0.4, -0.2) is 51.1 Å². The van der Waals surface area contributed by atoms with Gasteiger partial charge in [0, 0.05) is 36.8 Å². The molecule has 12 heteroatoms. The minimum absolute atomic E-state index is 0.00565. The summed E-state index contributed by atoms with van der Waals surface area (Å²) < 4.78 is 6.07. The van der Waals surface area contributed by atoms with E-state index in [9.17, 15) is 24.0 Å². The third kappa shape index (κ3) is 6.43. The molecule has 1 saturated heterocycles. The van der Waals surface area contributed by atoms with Gasteiger partial charge in [-0.2, -0.15) is 0 Å². The number of carboxylic acids is 1. The van der Waals surface area contributed by atoms with Crippen molar-refractivity contribution in [2.24, 2.45) is 5.92 Å². The summed E-state index contributed by atoms with van der Waals surface area (Å²) in [6, 6.07) is 2.69. The summed E-state index contributed by atoms with van der Waals surface area (Å²) in [6.07, 6.45) is 4.70. The number of amides is 3. The number of pyridine rings is 1. The molecule has 1 aliphatic heterocycles. The number of hydrogen-bond donors (Lipinski definition) is 4. The van der Waals surface area contributed by atoms with E-state index in [1.165, 1.54) is 35.0 Å². The molecular weight excluding hydrogens is 458 g/mol. The molecule has 0 radical (unpaired) electrons. The van der Waals surface area contributed by atoms with Crippen LogP contribution in [0.2, 0.25) is 0 Å². The van der Waals surface area contributed by atoms with Crippen LogP contribution in [0, 0.1) is 12.8 Å². The second kappa shape index (κ2) is 11.3. The molecule has 1 fully saturated rings. The predicted molar refractivity (Wildman–Crippen MR) is 124 cm³/mol. The lowest BCUT2D eigenvalue weighted by Gasteiger charge is -2.23. The van der Waals surface area contributed by atoms with E-state index in [2.05, 4.69) is 21.1 Å². The monoisotopic (exact) mass is 485 g/mol. The summed E-state index contributed by atoms with van der Waals surface area (Å²) in [5, 5.41) is 20.6. The fraction of sp³-hybridized carbons (Fsp3) is 0.391. The van der Waals surface area contributed by atoms with Crippen molar-refractivity contribution in [1.29, 1.82) is 0 Å². The molecule has 2 aromatic rings. The lowest BCUT2D eigenvalue weighted by molar-refractivity contribution is -0.131. The van der Waals surface area contributed by atoms with Crippen molar-refractivity contribution >= 4 is 29.4 Å². The van der Waals surface area contributed by atoms with Crippen LogP contribution in [0.5, 0.6) is 0 Å². The first-order chi connectivity index (χ1) is 16.7. The predicted octanol–water partition coefficient (Wildman–Crippen LogP) is 1.000. The standard InChI is InChI=1S/C23H27N5O7/c1-3-18(22(33)25-15(6-7-19(29)30)12-14-8-9-24-20(14)31)28-10-4-5-16(23(28)34)26-21(32)17-11-13(2)35-27-17/h4-7,10-11,14-15,18H,3,8-9,12H2,1-2H3,(H,24,31)(H,25,33)(H,26,32)(H,29,30)/b7-6+/t14-,15+,18+/m0/s1. The molecule has 3 rings (SSSR count). The van der Waals surface area contributed by atoms with Crippen molar-refractivity contribution < 1.29 is 28.8 Å². The third-order valence-corrected chi connectivity index (χ3v) is 5.61. The van der Waals surface area contributed by atoms with Gasteiger partial charge in [-0.1, -0.05) is 18.2 Å². The van der Waals surface area contributed by atoms with E-state index in [-0.39, 0.29) is 36.0 Å². The smallest absolute Gasteiger partial charge is 0.328 e. The van der Waals surface area contributed by atoms with Crippen LogP contribution < -0.4 is 21.5 Å². The zero-order chi connectivity index (χ0) is 25.5. The van der Waals surface area contributed by atoms with Crippen LogP contribution in [0.3, 0.4) is 0 Å². The van der Waals surface area contributed by atoms with E-state index in [1.54, 1.807) is 13.8 Å². The Bertz CT molecular complexity index is 1200. The number of hydrogen-bond acceptors (Lipinski definition) is 7. The highest BCUT2D eigenvalue weighted by Gasteiger charge is 2.29. The van der Waals surface area contributed by atoms with Crippen molar-refractivity contribution in [1.82, 2.24) is 20.4 Å². The number of carbonyl (C=O) groups is 4. The average Bonchev–Trinajstić information content (AvgIpc) is 3.43. The number of nitrogens with one attached hydrogen (secondary N) is 3. The number of anilines is 1.